The van der Waals surface area contributed by atoms with Crippen molar-refractivity contribution < 1.29 is 9.53 Å². The number of nitrogens with one attached hydrogen (secondary N) is 1. The zero-order chi connectivity index (χ0) is 16.9. The molecule has 2 heterocycles. The maximum absolute atomic E-state index is 11.8. The molecule has 0 spiro atoms. The van der Waals surface area contributed by atoms with E-state index in [1.807, 2.05) is 33.2 Å². The Morgan fingerprint density at radius 3 is 2.78 bits per heavy atom. The van der Waals surface area contributed by atoms with Crippen molar-refractivity contribution in [3.05, 3.63) is 29.6 Å². The van der Waals surface area contributed by atoms with Crippen LogP contribution in [0, 0.1) is 12.8 Å². The summed E-state index contributed by atoms with van der Waals surface area (Å²) in [5, 5.41) is 3.49. The highest BCUT2D eigenvalue weighted by Crippen LogP contribution is 2.21. The second-order valence-corrected chi connectivity index (χ2v) is 7.34. The van der Waals surface area contributed by atoms with Crippen molar-refractivity contribution in [3.63, 3.8) is 0 Å². The maximum Gasteiger partial charge on any atom is 0.410 e. The van der Waals surface area contributed by atoms with Crippen LogP contribution in [0.2, 0.25) is 0 Å². The molecule has 1 aromatic heterocycles. The number of likely N-dealkylation sites (tertiary alicyclic amines) is 1. The second kappa shape index (κ2) is 7.77. The molecule has 1 N–H and O–H groups in total. The van der Waals surface area contributed by atoms with Crippen LogP contribution in [0.15, 0.2) is 18.5 Å². The molecule has 1 aliphatic heterocycles. The third-order valence-corrected chi connectivity index (χ3v) is 4.05. The van der Waals surface area contributed by atoms with Gasteiger partial charge >= 0.3 is 6.09 Å². The summed E-state index contributed by atoms with van der Waals surface area (Å²) in [4.78, 5) is 17.7. The molecule has 1 fully saturated rings. The SMILES string of the molecule is Cc1cnccc1CCNCCC1CN(C(=O)OC(C)(C)C)C1. The Morgan fingerprint density at radius 2 is 2.13 bits per heavy atom. The van der Waals surface area contributed by atoms with E-state index in [2.05, 4.69) is 23.3 Å². The highest BCUT2D eigenvalue weighted by Gasteiger charge is 2.32. The van der Waals surface area contributed by atoms with Crippen molar-refractivity contribution in [1.82, 2.24) is 15.2 Å². The number of rotatable bonds is 6. The van der Waals surface area contributed by atoms with Crippen LogP contribution >= 0.6 is 0 Å². The average molecular weight is 319 g/mol. The van der Waals surface area contributed by atoms with E-state index >= 15 is 0 Å². The molecule has 0 unspecified atom stereocenters. The van der Waals surface area contributed by atoms with Crippen LogP contribution in [-0.2, 0) is 11.2 Å². The number of carbonyl (C=O) groups is 1. The van der Waals surface area contributed by atoms with Gasteiger partial charge in [-0.3, -0.25) is 4.98 Å². The van der Waals surface area contributed by atoms with E-state index in [-0.39, 0.29) is 6.09 Å². The average Bonchev–Trinajstić information content (AvgIpc) is 2.40. The smallest absolute Gasteiger partial charge is 0.410 e. The Bertz CT molecular complexity index is 519. The van der Waals surface area contributed by atoms with Crippen molar-refractivity contribution >= 4 is 6.09 Å². The summed E-state index contributed by atoms with van der Waals surface area (Å²) in [5.41, 5.74) is 2.20. The molecule has 2 rings (SSSR count). The summed E-state index contributed by atoms with van der Waals surface area (Å²) < 4.78 is 5.36. The molecule has 0 saturated carbocycles. The number of aryl methyl sites for hydroxylation is 1. The van der Waals surface area contributed by atoms with Gasteiger partial charge in [-0.25, -0.2) is 4.79 Å². The quantitative estimate of drug-likeness (QED) is 0.819. The summed E-state index contributed by atoms with van der Waals surface area (Å²) in [7, 11) is 0. The molecule has 1 aliphatic rings. The Kier molecular flexibility index (Phi) is 5.99. The van der Waals surface area contributed by atoms with Crippen molar-refractivity contribution in [2.24, 2.45) is 5.92 Å². The molecule has 1 amide bonds. The summed E-state index contributed by atoms with van der Waals surface area (Å²) >= 11 is 0. The lowest BCUT2D eigenvalue weighted by Gasteiger charge is -2.39. The van der Waals surface area contributed by atoms with Gasteiger partial charge in [-0.15, -0.1) is 0 Å². The molecule has 23 heavy (non-hydrogen) atoms. The fourth-order valence-electron chi connectivity index (χ4n) is 2.66. The molecule has 0 bridgehead atoms. The van der Waals surface area contributed by atoms with Gasteiger partial charge in [-0.1, -0.05) is 0 Å². The third kappa shape index (κ3) is 5.82. The first-order valence-corrected chi connectivity index (χ1v) is 8.43. The van der Waals surface area contributed by atoms with Crippen LogP contribution in [0.3, 0.4) is 0 Å². The minimum Gasteiger partial charge on any atom is -0.444 e. The number of hydrogen-bond donors (Lipinski definition) is 1. The maximum atomic E-state index is 11.8. The van der Waals surface area contributed by atoms with Crippen LogP contribution in [-0.4, -0.2) is 47.8 Å². The van der Waals surface area contributed by atoms with E-state index in [0.717, 1.165) is 39.0 Å². The number of hydrogen-bond acceptors (Lipinski definition) is 4. The van der Waals surface area contributed by atoms with Gasteiger partial charge < -0.3 is 15.0 Å². The topological polar surface area (TPSA) is 54.5 Å². The third-order valence-electron chi connectivity index (χ3n) is 4.05. The second-order valence-electron chi connectivity index (χ2n) is 7.34. The van der Waals surface area contributed by atoms with E-state index in [9.17, 15) is 4.79 Å². The predicted octanol–water partition coefficient (Wildman–Crippen LogP) is 2.78. The molecule has 0 aromatic carbocycles. The van der Waals surface area contributed by atoms with Crippen molar-refractivity contribution in [3.8, 4) is 0 Å². The Hall–Kier alpha value is -1.62. The molecular weight excluding hydrogens is 290 g/mol. The van der Waals surface area contributed by atoms with Gasteiger partial charge in [0.05, 0.1) is 0 Å². The Labute approximate surface area is 139 Å². The van der Waals surface area contributed by atoms with Crippen LogP contribution < -0.4 is 5.32 Å². The highest BCUT2D eigenvalue weighted by atomic mass is 16.6. The molecular formula is C18H29N3O2. The molecule has 0 atom stereocenters. The van der Waals surface area contributed by atoms with Crippen molar-refractivity contribution in [2.45, 2.75) is 46.1 Å². The first kappa shape index (κ1) is 17.7. The summed E-state index contributed by atoms with van der Waals surface area (Å²) in [6.07, 6.45) is 5.71. The lowest BCUT2D eigenvalue weighted by atomic mass is 9.97. The fraction of sp³-hybridized carbons (Fsp3) is 0.667. The van der Waals surface area contributed by atoms with Crippen LogP contribution in [0.25, 0.3) is 0 Å². The largest absolute Gasteiger partial charge is 0.444 e. The van der Waals surface area contributed by atoms with Gasteiger partial charge in [-0.2, -0.15) is 0 Å². The van der Waals surface area contributed by atoms with Crippen molar-refractivity contribution in [1.29, 1.82) is 0 Å². The lowest BCUT2D eigenvalue weighted by molar-refractivity contribution is -0.00201. The minimum absolute atomic E-state index is 0.185. The van der Waals surface area contributed by atoms with E-state index in [4.69, 9.17) is 4.74 Å². The van der Waals surface area contributed by atoms with Gasteiger partial charge in [0, 0.05) is 25.5 Å². The van der Waals surface area contributed by atoms with Gasteiger partial charge in [0.1, 0.15) is 5.60 Å². The summed E-state index contributed by atoms with van der Waals surface area (Å²) in [6.45, 7) is 11.4. The van der Waals surface area contributed by atoms with E-state index < -0.39 is 5.60 Å². The van der Waals surface area contributed by atoms with Gasteiger partial charge in [-0.05, 0) is 76.7 Å². The standard InChI is InChI=1S/C18H29N3O2/c1-14-11-20-10-7-16(14)6-9-19-8-5-15-12-21(13-15)17(22)23-18(2,3)4/h7,10-11,15,19H,5-6,8-9,12-13H2,1-4H3. The lowest BCUT2D eigenvalue weighted by Crippen LogP contribution is -2.52. The van der Waals surface area contributed by atoms with Crippen LogP contribution in [0.4, 0.5) is 4.79 Å². The van der Waals surface area contributed by atoms with Crippen molar-refractivity contribution in [2.75, 3.05) is 26.2 Å². The zero-order valence-electron chi connectivity index (χ0n) is 14.8. The Morgan fingerprint density at radius 1 is 1.39 bits per heavy atom. The monoisotopic (exact) mass is 319 g/mol. The number of aromatic nitrogens is 1. The Balaban J connectivity index is 1.54. The predicted molar refractivity (Wildman–Crippen MR) is 91.5 cm³/mol. The summed E-state index contributed by atoms with van der Waals surface area (Å²) in [5.74, 6) is 0.595. The number of amides is 1. The van der Waals surface area contributed by atoms with E-state index in [1.165, 1.54) is 11.1 Å². The molecule has 0 aliphatic carbocycles. The number of ether oxygens (including phenoxy) is 1. The van der Waals surface area contributed by atoms with Crippen LogP contribution in [0.5, 0.6) is 0 Å². The van der Waals surface area contributed by atoms with E-state index in [0.29, 0.717) is 5.92 Å². The van der Waals surface area contributed by atoms with Crippen LogP contribution in [0.1, 0.15) is 38.3 Å². The summed E-state index contributed by atoms with van der Waals surface area (Å²) in [6, 6.07) is 2.08. The normalized spacial score (nSPS) is 15.4. The highest BCUT2D eigenvalue weighted by molar-refractivity contribution is 5.69. The number of pyridine rings is 1. The first-order chi connectivity index (χ1) is 10.8. The van der Waals surface area contributed by atoms with Gasteiger partial charge in [0.25, 0.3) is 0 Å². The van der Waals surface area contributed by atoms with Gasteiger partial charge in [0.2, 0.25) is 0 Å². The van der Waals surface area contributed by atoms with Gasteiger partial charge in [0.15, 0.2) is 0 Å². The van der Waals surface area contributed by atoms with E-state index in [1.54, 1.807) is 4.90 Å². The molecule has 128 valence electrons. The number of carbonyl (C=O) groups excluding carboxylic acids is 1. The molecule has 5 heteroatoms. The molecule has 1 aromatic rings. The number of nitrogens with zero attached hydrogens (tertiary/aromatic N) is 2. The molecule has 5 nitrogen and oxygen atoms in total. The minimum atomic E-state index is -0.408. The molecule has 1 saturated heterocycles. The zero-order valence-corrected chi connectivity index (χ0v) is 14.8. The first-order valence-electron chi connectivity index (χ1n) is 8.43. The fourth-order valence-corrected chi connectivity index (χ4v) is 2.66. The molecule has 0 radical (unpaired) electrons.